The predicted octanol–water partition coefficient (Wildman–Crippen LogP) is 4.00. The van der Waals surface area contributed by atoms with Crippen LogP contribution in [0.15, 0.2) is 53.9 Å². The number of H-pyrrole nitrogens is 1. The van der Waals surface area contributed by atoms with E-state index in [1.807, 2.05) is 0 Å². The number of aromatic nitrogens is 2. The van der Waals surface area contributed by atoms with Crippen LogP contribution in [0.25, 0.3) is 10.9 Å². The van der Waals surface area contributed by atoms with Gasteiger partial charge in [0.15, 0.2) is 0 Å². The number of halogens is 4. The first-order valence-corrected chi connectivity index (χ1v) is 9.21. The molecule has 0 saturated carbocycles. The number of anilines is 1. The summed E-state index contributed by atoms with van der Waals surface area (Å²) >= 11 is 0. The van der Waals surface area contributed by atoms with E-state index in [4.69, 9.17) is 5.73 Å². The summed E-state index contributed by atoms with van der Waals surface area (Å²) in [4.78, 5) is 26.3. The van der Waals surface area contributed by atoms with Crippen LogP contribution in [-0.2, 0) is 15.8 Å². The third kappa shape index (κ3) is 3.54. The van der Waals surface area contributed by atoms with Crippen LogP contribution in [0.1, 0.15) is 30.4 Å². The molecule has 31 heavy (non-hydrogen) atoms. The lowest BCUT2D eigenvalue weighted by molar-refractivity contribution is -0.137. The molecule has 2 amide bonds. The second-order valence-electron chi connectivity index (χ2n) is 7.23. The molecule has 1 aliphatic rings. The van der Waals surface area contributed by atoms with Crippen LogP contribution in [0.4, 0.5) is 23.2 Å². The van der Waals surface area contributed by atoms with Crippen LogP contribution in [0.5, 0.6) is 0 Å². The quantitative estimate of drug-likeness (QED) is 0.613. The summed E-state index contributed by atoms with van der Waals surface area (Å²) in [6.45, 7) is 1.45. The van der Waals surface area contributed by atoms with Gasteiger partial charge in [0.25, 0.3) is 0 Å². The van der Waals surface area contributed by atoms with Crippen LogP contribution in [-0.4, -0.2) is 22.0 Å². The maximum Gasteiger partial charge on any atom is 0.416 e. The number of allylic oxidation sites excluding steroid dienone is 1. The number of hydrogen-bond acceptors (Lipinski definition) is 3. The molecule has 1 atom stereocenters. The topological polar surface area (TPSA) is 92.1 Å². The average Bonchev–Trinajstić information content (AvgIpc) is 3.13. The van der Waals surface area contributed by atoms with Crippen molar-refractivity contribution in [3.63, 3.8) is 0 Å². The summed E-state index contributed by atoms with van der Waals surface area (Å²) in [7, 11) is 0. The number of primary amides is 1. The van der Waals surface area contributed by atoms with E-state index in [1.54, 1.807) is 0 Å². The SMILES string of the molecule is CC1=C(C(N)=O)[C@@H](c2ccc(C(F)(F)F)cc2)CC(=O)N1c1cc2cn[nH]c2cc1F. The van der Waals surface area contributed by atoms with E-state index in [9.17, 15) is 27.2 Å². The van der Waals surface area contributed by atoms with E-state index in [2.05, 4.69) is 10.2 Å². The summed E-state index contributed by atoms with van der Waals surface area (Å²) in [5, 5.41) is 7.01. The van der Waals surface area contributed by atoms with Crippen molar-refractivity contribution in [2.24, 2.45) is 5.73 Å². The van der Waals surface area contributed by atoms with Crippen molar-refractivity contribution < 1.29 is 27.2 Å². The Labute approximate surface area is 173 Å². The molecule has 3 N–H and O–H groups in total. The Morgan fingerprint density at radius 2 is 1.90 bits per heavy atom. The molecule has 6 nitrogen and oxygen atoms in total. The zero-order valence-electron chi connectivity index (χ0n) is 16.1. The Morgan fingerprint density at radius 1 is 1.23 bits per heavy atom. The van der Waals surface area contributed by atoms with Gasteiger partial charge in [-0.05, 0) is 30.7 Å². The number of aromatic amines is 1. The number of alkyl halides is 3. The summed E-state index contributed by atoms with van der Waals surface area (Å²) < 4.78 is 53.4. The van der Waals surface area contributed by atoms with Crippen molar-refractivity contribution in [2.75, 3.05) is 4.90 Å². The van der Waals surface area contributed by atoms with Crippen molar-refractivity contribution in [2.45, 2.75) is 25.4 Å². The molecule has 10 heteroatoms. The van der Waals surface area contributed by atoms with Gasteiger partial charge < -0.3 is 5.73 Å². The number of rotatable bonds is 3. The average molecular weight is 432 g/mol. The second-order valence-corrected chi connectivity index (χ2v) is 7.23. The molecule has 0 bridgehead atoms. The highest BCUT2D eigenvalue weighted by Gasteiger charge is 2.37. The Balaban J connectivity index is 1.81. The van der Waals surface area contributed by atoms with Gasteiger partial charge in [0.1, 0.15) is 5.82 Å². The van der Waals surface area contributed by atoms with Crippen molar-refractivity contribution in [3.05, 3.63) is 70.8 Å². The third-order valence-electron chi connectivity index (χ3n) is 5.36. The summed E-state index contributed by atoms with van der Waals surface area (Å²) in [6, 6.07) is 6.80. The molecule has 0 saturated heterocycles. The van der Waals surface area contributed by atoms with E-state index in [-0.39, 0.29) is 23.4 Å². The van der Waals surface area contributed by atoms with Crippen LogP contribution < -0.4 is 10.6 Å². The minimum absolute atomic E-state index is 0.0334. The van der Waals surface area contributed by atoms with Gasteiger partial charge in [0, 0.05) is 35.1 Å². The van der Waals surface area contributed by atoms with E-state index in [1.165, 1.54) is 37.4 Å². The van der Waals surface area contributed by atoms with Gasteiger partial charge >= 0.3 is 6.18 Å². The molecule has 0 spiro atoms. The molecule has 3 aromatic rings. The largest absolute Gasteiger partial charge is 0.416 e. The van der Waals surface area contributed by atoms with E-state index >= 15 is 0 Å². The molecular weight excluding hydrogens is 416 g/mol. The van der Waals surface area contributed by atoms with E-state index in [0.717, 1.165) is 17.0 Å². The molecule has 2 aromatic carbocycles. The lowest BCUT2D eigenvalue weighted by Crippen LogP contribution is -2.40. The molecule has 0 fully saturated rings. The minimum atomic E-state index is -4.51. The maximum atomic E-state index is 14.7. The number of nitrogens with one attached hydrogen (secondary N) is 1. The van der Waals surface area contributed by atoms with Gasteiger partial charge in [-0.1, -0.05) is 12.1 Å². The smallest absolute Gasteiger partial charge is 0.366 e. The first-order valence-electron chi connectivity index (χ1n) is 9.21. The van der Waals surface area contributed by atoms with Gasteiger partial charge in [-0.3, -0.25) is 19.6 Å². The molecule has 4 rings (SSSR count). The number of carbonyl (C=O) groups is 2. The fourth-order valence-corrected chi connectivity index (χ4v) is 3.91. The van der Waals surface area contributed by atoms with Crippen molar-refractivity contribution in [1.82, 2.24) is 10.2 Å². The van der Waals surface area contributed by atoms with Gasteiger partial charge in [0.2, 0.25) is 11.8 Å². The summed E-state index contributed by atoms with van der Waals surface area (Å²) in [5.41, 5.74) is 5.56. The van der Waals surface area contributed by atoms with Gasteiger partial charge in [-0.15, -0.1) is 0 Å². The zero-order valence-corrected chi connectivity index (χ0v) is 16.1. The molecular formula is C21H16F4N4O2. The Bertz CT molecular complexity index is 1230. The lowest BCUT2D eigenvalue weighted by atomic mass is 9.83. The minimum Gasteiger partial charge on any atom is -0.366 e. The van der Waals surface area contributed by atoms with Crippen LogP contribution in [0.3, 0.4) is 0 Å². The maximum absolute atomic E-state index is 14.7. The summed E-state index contributed by atoms with van der Waals surface area (Å²) in [5.74, 6) is -2.91. The van der Waals surface area contributed by atoms with Crippen LogP contribution in [0.2, 0.25) is 0 Å². The lowest BCUT2D eigenvalue weighted by Gasteiger charge is -2.34. The number of fused-ring (bicyclic) bond motifs is 1. The molecule has 0 unspecified atom stereocenters. The third-order valence-corrected chi connectivity index (χ3v) is 5.36. The van der Waals surface area contributed by atoms with Crippen molar-refractivity contribution in [1.29, 1.82) is 0 Å². The fourth-order valence-electron chi connectivity index (χ4n) is 3.91. The molecule has 0 aliphatic carbocycles. The van der Waals surface area contributed by atoms with E-state index < -0.39 is 35.3 Å². The Kier molecular flexibility index (Phi) is 4.79. The number of nitrogens with zero attached hydrogens (tertiary/aromatic N) is 2. The van der Waals surface area contributed by atoms with Gasteiger partial charge in [-0.25, -0.2) is 4.39 Å². The van der Waals surface area contributed by atoms with Crippen molar-refractivity contribution >= 4 is 28.4 Å². The molecule has 2 heterocycles. The Morgan fingerprint density at radius 3 is 2.52 bits per heavy atom. The highest BCUT2D eigenvalue weighted by atomic mass is 19.4. The first-order chi connectivity index (χ1) is 14.6. The monoisotopic (exact) mass is 432 g/mol. The first kappa shape index (κ1) is 20.6. The Hall–Kier alpha value is -3.69. The van der Waals surface area contributed by atoms with Crippen LogP contribution >= 0.6 is 0 Å². The standard InChI is InChI=1S/C21H16F4N4O2/c1-10-19(20(26)31)14(11-2-4-13(5-3-11)21(23,24)25)7-18(30)29(10)17-6-12-9-27-28-16(12)8-15(17)22/h2-6,8-9,14H,7H2,1H3,(H2,26,31)(H,27,28)/t14-/m1/s1. The fraction of sp³-hybridized carbons (Fsp3) is 0.190. The molecule has 1 aromatic heterocycles. The normalized spacial score (nSPS) is 17.5. The zero-order chi connectivity index (χ0) is 22.5. The number of nitrogens with two attached hydrogens (primary N) is 1. The number of hydrogen-bond donors (Lipinski definition) is 2. The number of carbonyl (C=O) groups excluding carboxylic acids is 2. The second kappa shape index (κ2) is 7.22. The molecule has 1 aliphatic heterocycles. The van der Waals surface area contributed by atoms with Gasteiger partial charge in [-0.2, -0.15) is 18.3 Å². The van der Waals surface area contributed by atoms with Crippen molar-refractivity contribution in [3.8, 4) is 0 Å². The molecule has 0 radical (unpaired) electrons. The van der Waals surface area contributed by atoms with E-state index in [0.29, 0.717) is 16.5 Å². The predicted molar refractivity (Wildman–Crippen MR) is 104 cm³/mol. The highest BCUT2D eigenvalue weighted by molar-refractivity contribution is 6.06. The number of benzene rings is 2. The van der Waals surface area contributed by atoms with Crippen LogP contribution in [0, 0.1) is 5.82 Å². The summed E-state index contributed by atoms with van der Waals surface area (Å²) in [6.07, 6.45) is -3.31. The number of amides is 2. The van der Waals surface area contributed by atoms with Gasteiger partial charge in [0.05, 0.1) is 23.0 Å². The highest BCUT2D eigenvalue weighted by Crippen LogP contribution is 2.40. The molecule has 160 valence electrons.